The average Bonchev–Trinajstić information content (AvgIpc) is 3.16. The molecule has 1 saturated carbocycles. The predicted octanol–water partition coefficient (Wildman–Crippen LogP) is 1.80. The van der Waals surface area contributed by atoms with Crippen LogP contribution in [0, 0.1) is 5.92 Å². The number of nitrogens with zero attached hydrogens (tertiary/aromatic N) is 2. The smallest absolute Gasteiger partial charge is 0.0640 e. The van der Waals surface area contributed by atoms with Gasteiger partial charge in [-0.25, -0.2) is 0 Å². The van der Waals surface area contributed by atoms with E-state index in [1.807, 2.05) is 0 Å². The van der Waals surface area contributed by atoms with E-state index in [1.54, 1.807) is 0 Å². The molecule has 2 fully saturated rings. The molecule has 3 rings (SSSR count). The Balaban J connectivity index is 1.60. The topological polar surface area (TPSA) is 65.1 Å². The van der Waals surface area contributed by atoms with E-state index in [4.69, 9.17) is 15.7 Å². The number of hydrogen-bond donors (Lipinski definition) is 2. The Morgan fingerprint density at radius 3 is 2.75 bits per heavy atom. The average molecular weight is 278 g/mol. The third kappa shape index (κ3) is 3.22. The number of nitrogens with one attached hydrogen (secondary N) is 1. The zero-order valence-electron chi connectivity index (χ0n) is 12.1. The SMILES string of the molecule is NNC(Cc1ccn(C2CCCC2)n1)C1CCOCC1. The Kier molecular flexibility index (Phi) is 4.70. The lowest BCUT2D eigenvalue weighted by molar-refractivity contribution is 0.0536. The maximum atomic E-state index is 5.76. The molecule has 1 atom stereocenters. The zero-order valence-corrected chi connectivity index (χ0v) is 12.1. The van der Waals surface area contributed by atoms with Crippen LogP contribution in [0.15, 0.2) is 12.3 Å². The highest BCUT2D eigenvalue weighted by Gasteiger charge is 2.24. The van der Waals surface area contributed by atoms with E-state index < -0.39 is 0 Å². The van der Waals surface area contributed by atoms with Crippen molar-refractivity contribution in [3.8, 4) is 0 Å². The molecule has 2 heterocycles. The lowest BCUT2D eigenvalue weighted by atomic mass is 9.89. The van der Waals surface area contributed by atoms with Gasteiger partial charge in [0.2, 0.25) is 0 Å². The number of hydrazine groups is 1. The Morgan fingerprint density at radius 2 is 2.05 bits per heavy atom. The molecule has 1 aliphatic carbocycles. The second-order valence-corrected chi connectivity index (χ2v) is 6.15. The molecule has 112 valence electrons. The van der Waals surface area contributed by atoms with Crippen LogP contribution in [-0.2, 0) is 11.2 Å². The predicted molar refractivity (Wildman–Crippen MR) is 78.1 cm³/mol. The van der Waals surface area contributed by atoms with Gasteiger partial charge in [-0.2, -0.15) is 5.10 Å². The van der Waals surface area contributed by atoms with Crippen LogP contribution in [0.2, 0.25) is 0 Å². The highest BCUT2D eigenvalue weighted by Crippen LogP contribution is 2.29. The molecule has 1 aromatic heterocycles. The largest absolute Gasteiger partial charge is 0.381 e. The van der Waals surface area contributed by atoms with Crippen LogP contribution in [0.1, 0.15) is 50.3 Å². The second-order valence-electron chi connectivity index (χ2n) is 6.15. The molecule has 5 nitrogen and oxygen atoms in total. The van der Waals surface area contributed by atoms with Crippen molar-refractivity contribution in [2.24, 2.45) is 11.8 Å². The van der Waals surface area contributed by atoms with Crippen LogP contribution in [0.25, 0.3) is 0 Å². The maximum absolute atomic E-state index is 5.76. The molecule has 20 heavy (non-hydrogen) atoms. The van der Waals surface area contributed by atoms with E-state index in [0.29, 0.717) is 18.0 Å². The van der Waals surface area contributed by atoms with Crippen LogP contribution in [0.5, 0.6) is 0 Å². The first kappa shape index (κ1) is 14.0. The van der Waals surface area contributed by atoms with E-state index >= 15 is 0 Å². The summed E-state index contributed by atoms with van der Waals surface area (Å²) in [5.74, 6) is 6.36. The van der Waals surface area contributed by atoms with Crippen LogP contribution >= 0.6 is 0 Å². The first-order valence-electron chi connectivity index (χ1n) is 7.94. The van der Waals surface area contributed by atoms with E-state index in [2.05, 4.69) is 22.4 Å². The Hall–Kier alpha value is -0.910. The molecular weight excluding hydrogens is 252 g/mol. The van der Waals surface area contributed by atoms with E-state index in [-0.39, 0.29) is 0 Å². The number of aromatic nitrogens is 2. The third-order valence-corrected chi connectivity index (χ3v) is 4.84. The molecule has 1 aliphatic heterocycles. The van der Waals surface area contributed by atoms with Gasteiger partial charge in [0.25, 0.3) is 0 Å². The van der Waals surface area contributed by atoms with Crippen molar-refractivity contribution in [1.29, 1.82) is 0 Å². The molecule has 0 spiro atoms. The van der Waals surface area contributed by atoms with Crippen LogP contribution in [0.3, 0.4) is 0 Å². The Labute approximate surface area is 120 Å². The number of ether oxygens (including phenoxy) is 1. The van der Waals surface area contributed by atoms with Gasteiger partial charge in [0.05, 0.1) is 11.7 Å². The molecule has 0 aromatic carbocycles. The lowest BCUT2D eigenvalue weighted by Gasteiger charge is -2.29. The zero-order chi connectivity index (χ0) is 13.8. The molecular formula is C15H26N4O. The first-order chi connectivity index (χ1) is 9.86. The summed E-state index contributed by atoms with van der Waals surface area (Å²) >= 11 is 0. The lowest BCUT2D eigenvalue weighted by Crippen LogP contribution is -2.44. The van der Waals surface area contributed by atoms with Gasteiger partial charge in [-0.1, -0.05) is 12.8 Å². The van der Waals surface area contributed by atoms with Gasteiger partial charge in [-0.05, 0) is 37.7 Å². The fraction of sp³-hybridized carbons (Fsp3) is 0.800. The number of rotatable bonds is 5. The molecule has 1 unspecified atom stereocenters. The fourth-order valence-electron chi connectivity index (χ4n) is 3.56. The number of hydrogen-bond acceptors (Lipinski definition) is 4. The molecule has 1 saturated heterocycles. The second kappa shape index (κ2) is 6.70. The maximum Gasteiger partial charge on any atom is 0.0640 e. The van der Waals surface area contributed by atoms with Crippen molar-refractivity contribution in [3.63, 3.8) is 0 Å². The monoisotopic (exact) mass is 278 g/mol. The normalized spacial score (nSPS) is 23.2. The van der Waals surface area contributed by atoms with Crippen molar-refractivity contribution < 1.29 is 4.74 Å². The minimum absolute atomic E-state index is 0.311. The Bertz CT molecular complexity index is 408. The third-order valence-electron chi connectivity index (χ3n) is 4.84. The summed E-state index contributed by atoms with van der Waals surface area (Å²) in [5.41, 5.74) is 4.15. The first-order valence-corrected chi connectivity index (χ1v) is 7.94. The van der Waals surface area contributed by atoms with Crippen molar-refractivity contribution in [1.82, 2.24) is 15.2 Å². The van der Waals surface area contributed by atoms with Crippen molar-refractivity contribution in [3.05, 3.63) is 18.0 Å². The molecule has 1 aromatic rings. The van der Waals surface area contributed by atoms with Gasteiger partial charge in [0.15, 0.2) is 0 Å². The van der Waals surface area contributed by atoms with E-state index in [9.17, 15) is 0 Å². The van der Waals surface area contributed by atoms with Crippen molar-refractivity contribution >= 4 is 0 Å². The highest BCUT2D eigenvalue weighted by atomic mass is 16.5. The summed E-state index contributed by atoms with van der Waals surface area (Å²) in [5, 5.41) is 4.76. The van der Waals surface area contributed by atoms with E-state index in [0.717, 1.165) is 38.2 Å². The molecule has 0 bridgehead atoms. The van der Waals surface area contributed by atoms with Crippen molar-refractivity contribution in [2.75, 3.05) is 13.2 Å². The van der Waals surface area contributed by atoms with Crippen LogP contribution in [-0.4, -0.2) is 29.0 Å². The van der Waals surface area contributed by atoms with Gasteiger partial charge in [-0.15, -0.1) is 0 Å². The van der Waals surface area contributed by atoms with Gasteiger partial charge in [0.1, 0.15) is 0 Å². The molecule has 0 radical (unpaired) electrons. The summed E-state index contributed by atoms with van der Waals surface area (Å²) in [6, 6.07) is 3.09. The molecule has 5 heteroatoms. The van der Waals surface area contributed by atoms with Gasteiger partial charge in [0, 0.05) is 31.9 Å². The van der Waals surface area contributed by atoms with Crippen LogP contribution in [0.4, 0.5) is 0 Å². The molecule has 2 aliphatic rings. The Morgan fingerprint density at radius 1 is 1.30 bits per heavy atom. The fourth-order valence-corrected chi connectivity index (χ4v) is 3.56. The van der Waals surface area contributed by atoms with Crippen LogP contribution < -0.4 is 11.3 Å². The van der Waals surface area contributed by atoms with Gasteiger partial charge < -0.3 is 4.74 Å². The van der Waals surface area contributed by atoms with Gasteiger partial charge in [-0.3, -0.25) is 16.0 Å². The van der Waals surface area contributed by atoms with Gasteiger partial charge >= 0.3 is 0 Å². The standard InChI is InChI=1S/C15H26N4O/c16-17-15(12-6-9-20-10-7-12)11-13-5-8-19(18-13)14-3-1-2-4-14/h5,8,12,14-15,17H,1-4,6-7,9-11,16H2. The summed E-state index contributed by atoms with van der Waals surface area (Å²) in [4.78, 5) is 0. The summed E-state index contributed by atoms with van der Waals surface area (Å²) in [6.45, 7) is 1.72. The summed E-state index contributed by atoms with van der Waals surface area (Å²) in [6.07, 6.45) is 10.5. The minimum Gasteiger partial charge on any atom is -0.381 e. The quantitative estimate of drug-likeness (QED) is 0.637. The minimum atomic E-state index is 0.311. The highest BCUT2D eigenvalue weighted by molar-refractivity contribution is 5.03. The summed E-state index contributed by atoms with van der Waals surface area (Å²) in [7, 11) is 0. The van der Waals surface area contributed by atoms with E-state index in [1.165, 1.54) is 25.7 Å². The summed E-state index contributed by atoms with van der Waals surface area (Å²) < 4.78 is 7.59. The van der Waals surface area contributed by atoms with Crippen molar-refractivity contribution in [2.45, 2.75) is 57.0 Å². The number of nitrogens with two attached hydrogens (primary N) is 1. The molecule has 3 N–H and O–H groups in total. The molecule has 0 amide bonds.